The van der Waals surface area contributed by atoms with E-state index in [0.29, 0.717) is 42.0 Å². The van der Waals surface area contributed by atoms with Gasteiger partial charge in [-0.25, -0.2) is 13.2 Å². The van der Waals surface area contributed by atoms with Crippen molar-refractivity contribution >= 4 is 27.5 Å². The highest BCUT2D eigenvalue weighted by molar-refractivity contribution is 7.92. The molecular weight excluding hydrogens is 382 g/mol. The number of nitrogens with zero attached hydrogens (tertiary/aromatic N) is 1. The molecule has 0 N–H and O–H groups in total. The zero-order valence-corrected chi connectivity index (χ0v) is 16.5. The molecule has 0 aliphatic carbocycles. The third-order valence-corrected chi connectivity index (χ3v) is 5.72. The van der Waals surface area contributed by atoms with Crippen LogP contribution in [0, 0.1) is 0 Å². The van der Waals surface area contributed by atoms with Crippen molar-refractivity contribution in [2.45, 2.75) is 12.8 Å². The lowest BCUT2D eigenvalue weighted by Crippen LogP contribution is -2.34. The number of aryl methyl sites for hydroxylation is 1. The summed E-state index contributed by atoms with van der Waals surface area (Å²) in [6.45, 7) is 0.0397. The maximum atomic E-state index is 12.4. The van der Waals surface area contributed by atoms with Gasteiger partial charge in [0.05, 0.1) is 24.6 Å². The molecule has 0 fully saturated rings. The summed E-state index contributed by atoms with van der Waals surface area (Å²) in [4.78, 5) is 24.5. The van der Waals surface area contributed by atoms with Crippen LogP contribution in [0.3, 0.4) is 0 Å². The largest absolute Gasteiger partial charge is 0.497 e. The van der Waals surface area contributed by atoms with Gasteiger partial charge in [-0.05, 0) is 60.9 Å². The van der Waals surface area contributed by atoms with E-state index in [2.05, 4.69) is 0 Å². The molecule has 0 saturated carbocycles. The fraction of sp³-hybridized carbons (Fsp3) is 0.300. The lowest BCUT2D eigenvalue weighted by Gasteiger charge is -2.29. The maximum absolute atomic E-state index is 12.4. The van der Waals surface area contributed by atoms with Gasteiger partial charge in [0.15, 0.2) is 12.4 Å². The van der Waals surface area contributed by atoms with E-state index >= 15 is 0 Å². The van der Waals surface area contributed by atoms with Gasteiger partial charge in [-0.3, -0.25) is 9.10 Å². The average molecular weight is 403 g/mol. The van der Waals surface area contributed by atoms with E-state index in [9.17, 15) is 18.0 Å². The first-order valence-electron chi connectivity index (χ1n) is 8.74. The summed E-state index contributed by atoms with van der Waals surface area (Å²) in [6.07, 6.45) is 2.54. The van der Waals surface area contributed by atoms with Crippen molar-refractivity contribution in [1.82, 2.24) is 0 Å². The topological polar surface area (TPSA) is 90.0 Å². The molecule has 0 unspecified atom stereocenters. The number of hydrogen-bond acceptors (Lipinski definition) is 6. The van der Waals surface area contributed by atoms with E-state index in [0.717, 1.165) is 5.56 Å². The number of carbonyl (C=O) groups excluding carboxylic acids is 2. The summed E-state index contributed by atoms with van der Waals surface area (Å²) in [5.41, 5.74) is 2.10. The number of benzene rings is 2. The highest BCUT2D eigenvalue weighted by Crippen LogP contribution is 2.30. The van der Waals surface area contributed by atoms with Crippen LogP contribution in [-0.2, 0) is 21.2 Å². The molecule has 3 rings (SSSR count). The molecule has 148 valence electrons. The monoisotopic (exact) mass is 403 g/mol. The van der Waals surface area contributed by atoms with Crippen molar-refractivity contribution < 1.29 is 27.5 Å². The Morgan fingerprint density at radius 3 is 2.39 bits per heavy atom. The number of ketones is 1. The number of methoxy groups -OCH3 is 1. The minimum absolute atomic E-state index is 0.322. The Bertz CT molecular complexity index is 998. The van der Waals surface area contributed by atoms with E-state index in [1.165, 1.54) is 17.7 Å². The lowest BCUT2D eigenvalue weighted by atomic mass is 9.99. The molecule has 2 aromatic carbocycles. The Morgan fingerprint density at radius 2 is 1.75 bits per heavy atom. The molecule has 0 spiro atoms. The van der Waals surface area contributed by atoms with Crippen LogP contribution in [0.1, 0.15) is 32.7 Å². The zero-order chi connectivity index (χ0) is 20.3. The summed E-state index contributed by atoms with van der Waals surface area (Å²) < 4.78 is 35.3. The standard InChI is InChI=1S/C20H21NO6S/c1-26-17-8-5-14(6-9-17)20(23)27-13-19(22)16-7-10-18-15(12-16)4-3-11-21(18)28(2,24)25/h5-10,12H,3-4,11,13H2,1-2H3. The first-order valence-corrected chi connectivity index (χ1v) is 10.6. The first kappa shape index (κ1) is 19.9. The van der Waals surface area contributed by atoms with Gasteiger partial charge in [-0.15, -0.1) is 0 Å². The maximum Gasteiger partial charge on any atom is 0.338 e. The molecule has 8 heteroatoms. The number of anilines is 1. The van der Waals surface area contributed by atoms with Crippen molar-refractivity contribution in [1.29, 1.82) is 0 Å². The molecule has 1 aliphatic rings. The van der Waals surface area contributed by atoms with E-state index < -0.39 is 16.0 Å². The van der Waals surface area contributed by atoms with Gasteiger partial charge >= 0.3 is 5.97 Å². The zero-order valence-electron chi connectivity index (χ0n) is 15.7. The van der Waals surface area contributed by atoms with E-state index in [-0.39, 0.29) is 12.4 Å². The summed E-state index contributed by atoms with van der Waals surface area (Å²) >= 11 is 0. The van der Waals surface area contributed by atoms with E-state index in [1.807, 2.05) is 0 Å². The molecule has 0 bridgehead atoms. The summed E-state index contributed by atoms with van der Waals surface area (Å²) in [6, 6.07) is 11.3. The Balaban J connectivity index is 1.68. The number of esters is 1. The van der Waals surface area contributed by atoms with Gasteiger partial charge in [0.25, 0.3) is 0 Å². The molecule has 28 heavy (non-hydrogen) atoms. The van der Waals surface area contributed by atoms with Crippen molar-refractivity contribution in [3.05, 3.63) is 59.2 Å². The fourth-order valence-electron chi connectivity index (χ4n) is 3.11. The van der Waals surface area contributed by atoms with Gasteiger partial charge < -0.3 is 9.47 Å². The lowest BCUT2D eigenvalue weighted by molar-refractivity contribution is 0.0474. The van der Waals surface area contributed by atoms with Crippen LogP contribution in [0.15, 0.2) is 42.5 Å². The smallest absolute Gasteiger partial charge is 0.338 e. The van der Waals surface area contributed by atoms with Crippen molar-refractivity contribution in [3.63, 3.8) is 0 Å². The summed E-state index contributed by atoms with van der Waals surface area (Å²) in [5, 5.41) is 0. The number of fused-ring (bicyclic) bond motifs is 1. The van der Waals surface area contributed by atoms with Crippen LogP contribution in [0.2, 0.25) is 0 Å². The fourth-order valence-corrected chi connectivity index (χ4v) is 4.10. The third-order valence-electron chi connectivity index (χ3n) is 4.54. The van der Waals surface area contributed by atoms with Gasteiger partial charge in [0.1, 0.15) is 5.75 Å². The number of ether oxygens (including phenoxy) is 2. The Labute approximate surface area is 163 Å². The Morgan fingerprint density at radius 1 is 1.07 bits per heavy atom. The molecule has 0 aromatic heterocycles. The van der Waals surface area contributed by atoms with Crippen molar-refractivity contribution in [3.8, 4) is 5.75 Å². The Hall–Kier alpha value is -2.87. The highest BCUT2D eigenvalue weighted by atomic mass is 32.2. The van der Waals surface area contributed by atoms with Crippen molar-refractivity contribution in [2.75, 3.05) is 30.8 Å². The first-order chi connectivity index (χ1) is 13.3. The van der Waals surface area contributed by atoms with Gasteiger partial charge in [-0.1, -0.05) is 0 Å². The van der Waals surface area contributed by atoms with Gasteiger partial charge in [0, 0.05) is 12.1 Å². The summed E-state index contributed by atoms with van der Waals surface area (Å²) in [5.74, 6) is -0.330. The van der Waals surface area contributed by atoms with Crippen LogP contribution < -0.4 is 9.04 Å². The predicted molar refractivity (Wildman–Crippen MR) is 105 cm³/mol. The molecule has 1 aliphatic heterocycles. The van der Waals surface area contributed by atoms with E-state index in [1.54, 1.807) is 42.5 Å². The van der Waals surface area contributed by atoms with Gasteiger partial charge in [0.2, 0.25) is 10.0 Å². The highest BCUT2D eigenvalue weighted by Gasteiger charge is 2.24. The number of sulfonamides is 1. The number of rotatable bonds is 6. The second-order valence-corrected chi connectivity index (χ2v) is 8.42. The summed E-state index contributed by atoms with van der Waals surface area (Å²) in [7, 11) is -1.83. The Kier molecular flexibility index (Phi) is 5.69. The molecule has 1 heterocycles. The van der Waals surface area contributed by atoms with E-state index in [4.69, 9.17) is 9.47 Å². The number of carbonyl (C=O) groups is 2. The second-order valence-electron chi connectivity index (χ2n) is 6.51. The van der Waals surface area contributed by atoms with Crippen LogP contribution in [-0.4, -0.2) is 46.7 Å². The molecule has 0 atom stereocenters. The van der Waals surface area contributed by atoms with Crippen LogP contribution in [0.5, 0.6) is 5.75 Å². The van der Waals surface area contributed by atoms with Gasteiger partial charge in [-0.2, -0.15) is 0 Å². The number of Topliss-reactive ketones (excluding diaryl/α,β-unsaturated/α-hetero) is 1. The molecule has 2 aromatic rings. The van der Waals surface area contributed by atoms with Crippen molar-refractivity contribution in [2.24, 2.45) is 0 Å². The molecule has 7 nitrogen and oxygen atoms in total. The normalized spacial score (nSPS) is 13.6. The molecule has 0 saturated heterocycles. The minimum atomic E-state index is -3.36. The van der Waals surface area contributed by atoms with Crippen LogP contribution in [0.25, 0.3) is 0 Å². The molecule has 0 amide bonds. The number of hydrogen-bond donors (Lipinski definition) is 0. The SMILES string of the molecule is COc1ccc(C(=O)OCC(=O)c2ccc3c(c2)CCCN3S(C)(=O)=O)cc1. The quantitative estimate of drug-likeness (QED) is 0.544. The van der Waals surface area contributed by atoms with Crippen LogP contribution >= 0.6 is 0 Å². The predicted octanol–water partition coefficient (Wildman–Crippen LogP) is 2.45. The third kappa shape index (κ3) is 4.33. The second kappa shape index (κ2) is 8.02. The molecular formula is C20H21NO6S. The molecule has 0 radical (unpaired) electrons. The van der Waals surface area contributed by atoms with Crippen LogP contribution in [0.4, 0.5) is 5.69 Å². The minimum Gasteiger partial charge on any atom is -0.497 e. The average Bonchev–Trinajstić information content (AvgIpc) is 2.70.